The van der Waals surface area contributed by atoms with Crippen molar-refractivity contribution in [3.8, 4) is 11.4 Å². The van der Waals surface area contributed by atoms with Crippen molar-refractivity contribution >= 4 is 5.91 Å². The molecular formula is C26H32N4O2. The van der Waals surface area contributed by atoms with Crippen molar-refractivity contribution in [2.75, 3.05) is 26.7 Å². The van der Waals surface area contributed by atoms with E-state index in [2.05, 4.69) is 46.5 Å². The minimum Gasteiger partial charge on any atom is -0.497 e. The van der Waals surface area contributed by atoms with Crippen LogP contribution >= 0.6 is 0 Å². The summed E-state index contributed by atoms with van der Waals surface area (Å²) in [4.78, 5) is 15.6. The number of hydrogen-bond acceptors (Lipinski definition) is 4. The van der Waals surface area contributed by atoms with Crippen molar-refractivity contribution in [1.82, 2.24) is 20.0 Å². The molecule has 0 saturated carbocycles. The second kappa shape index (κ2) is 10.0. The van der Waals surface area contributed by atoms with Gasteiger partial charge in [-0.2, -0.15) is 5.10 Å². The van der Waals surface area contributed by atoms with Crippen LogP contribution in [0, 0.1) is 13.8 Å². The zero-order valence-electron chi connectivity index (χ0n) is 19.2. The minimum absolute atomic E-state index is 0.0862. The average Bonchev–Trinajstić information content (AvgIpc) is 3.21. The van der Waals surface area contributed by atoms with Crippen LogP contribution in [0.3, 0.4) is 0 Å². The van der Waals surface area contributed by atoms with E-state index in [4.69, 9.17) is 4.74 Å². The Morgan fingerprint density at radius 2 is 1.84 bits per heavy atom. The Bertz CT molecular complexity index is 1050. The zero-order chi connectivity index (χ0) is 22.5. The summed E-state index contributed by atoms with van der Waals surface area (Å²) in [5.74, 6) is 0.756. The van der Waals surface area contributed by atoms with E-state index in [0.29, 0.717) is 12.1 Å². The van der Waals surface area contributed by atoms with E-state index >= 15 is 0 Å². The molecule has 0 bridgehead atoms. The first-order valence-corrected chi connectivity index (χ1v) is 11.3. The van der Waals surface area contributed by atoms with Gasteiger partial charge in [-0.1, -0.05) is 30.7 Å². The number of aromatic nitrogens is 2. The Kier molecular flexibility index (Phi) is 6.90. The lowest BCUT2D eigenvalue weighted by Gasteiger charge is -2.35. The van der Waals surface area contributed by atoms with Gasteiger partial charge in [0, 0.05) is 6.54 Å². The molecule has 1 aliphatic heterocycles. The standard InChI is InChI=1S/C26H32N4O2/c1-19-8-7-9-22(16-19)30-20(2)24(17-28-30)26(31)27-18-25(29-14-5-4-6-15-29)21-10-12-23(32-3)13-11-21/h7-13,16-17,25H,4-6,14-15,18H2,1-3H3,(H,27,31). The van der Waals surface area contributed by atoms with Gasteiger partial charge in [0.1, 0.15) is 5.75 Å². The SMILES string of the molecule is COc1ccc(C(CNC(=O)c2cnn(-c3cccc(C)c3)c2C)N2CCCCC2)cc1. The van der Waals surface area contributed by atoms with Crippen LogP contribution in [0.15, 0.2) is 54.7 Å². The van der Waals surface area contributed by atoms with Crippen LogP contribution in [0.25, 0.3) is 5.69 Å². The molecule has 6 heteroatoms. The van der Waals surface area contributed by atoms with Gasteiger partial charge >= 0.3 is 0 Å². The van der Waals surface area contributed by atoms with Crippen LogP contribution in [0.2, 0.25) is 0 Å². The largest absolute Gasteiger partial charge is 0.497 e. The molecule has 1 aliphatic rings. The van der Waals surface area contributed by atoms with E-state index < -0.39 is 0 Å². The molecule has 1 unspecified atom stereocenters. The fourth-order valence-electron chi connectivity index (χ4n) is 4.45. The predicted molar refractivity (Wildman–Crippen MR) is 127 cm³/mol. The summed E-state index contributed by atoms with van der Waals surface area (Å²) in [7, 11) is 1.68. The number of amides is 1. The molecule has 1 fully saturated rings. The van der Waals surface area contributed by atoms with Gasteiger partial charge in [0.15, 0.2) is 0 Å². The number of carbonyl (C=O) groups excluding carboxylic acids is 1. The summed E-state index contributed by atoms with van der Waals surface area (Å²) in [5, 5.41) is 7.65. The van der Waals surface area contributed by atoms with E-state index in [1.54, 1.807) is 13.3 Å². The van der Waals surface area contributed by atoms with Crippen molar-refractivity contribution < 1.29 is 9.53 Å². The molecule has 6 nitrogen and oxygen atoms in total. The van der Waals surface area contributed by atoms with Crippen LogP contribution in [-0.2, 0) is 0 Å². The van der Waals surface area contributed by atoms with Crippen molar-refractivity contribution in [2.45, 2.75) is 39.2 Å². The molecule has 1 N–H and O–H groups in total. The lowest BCUT2D eigenvalue weighted by molar-refractivity contribution is 0.0923. The normalized spacial score (nSPS) is 15.3. The van der Waals surface area contributed by atoms with Gasteiger partial charge in [0.2, 0.25) is 0 Å². The molecule has 1 atom stereocenters. The van der Waals surface area contributed by atoms with Gasteiger partial charge in [-0.15, -0.1) is 0 Å². The predicted octanol–water partition coefficient (Wildman–Crippen LogP) is 4.45. The summed E-state index contributed by atoms with van der Waals surface area (Å²) in [6.45, 7) is 6.65. The molecule has 0 spiro atoms. The molecule has 0 radical (unpaired) electrons. The average molecular weight is 433 g/mol. The van der Waals surface area contributed by atoms with Crippen molar-refractivity contribution in [3.05, 3.63) is 77.1 Å². The van der Waals surface area contributed by atoms with E-state index in [1.165, 1.54) is 24.8 Å². The summed E-state index contributed by atoms with van der Waals surface area (Å²) < 4.78 is 7.14. The first-order valence-electron chi connectivity index (χ1n) is 11.3. The number of ether oxygens (including phenoxy) is 1. The maximum absolute atomic E-state index is 13.1. The Morgan fingerprint density at radius 3 is 2.53 bits per heavy atom. The Hall–Kier alpha value is -3.12. The van der Waals surface area contributed by atoms with Crippen LogP contribution in [-0.4, -0.2) is 47.3 Å². The molecule has 2 heterocycles. The molecular weight excluding hydrogens is 400 g/mol. The first kappa shape index (κ1) is 22.1. The van der Waals surface area contributed by atoms with E-state index in [0.717, 1.165) is 35.8 Å². The van der Waals surface area contributed by atoms with Crippen LogP contribution in [0.4, 0.5) is 0 Å². The second-order valence-corrected chi connectivity index (χ2v) is 8.49. The van der Waals surface area contributed by atoms with Crippen molar-refractivity contribution in [3.63, 3.8) is 0 Å². The highest BCUT2D eigenvalue weighted by Crippen LogP contribution is 2.26. The Morgan fingerprint density at radius 1 is 1.09 bits per heavy atom. The summed E-state index contributed by atoms with van der Waals surface area (Å²) in [6, 6.07) is 16.4. The van der Waals surface area contributed by atoms with Gasteiger partial charge in [-0.3, -0.25) is 9.69 Å². The molecule has 32 heavy (non-hydrogen) atoms. The Labute approximate surface area is 190 Å². The molecule has 2 aromatic carbocycles. The number of nitrogens with zero attached hydrogens (tertiary/aromatic N) is 3. The number of likely N-dealkylation sites (tertiary alicyclic amines) is 1. The van der Waals surface area contributed by atoms with Crippen molar-refractivity contribution in [1.29, 1.82) is 0 Å². The van der Waals surface area contributed by atoms with Gasteiger partial charge in [0.25, 0.3) is 5.91 Å². The van der Waals surface area contributed by atoms with E-state index in [1.807, 2.05) is 35.9 Å². The number of nitrogens with one attached hydrogen (secondary N) is 1. The zero-order valence-corrected chi connectivity index (χ0v) is 19.2. The number of carbonyl (C=O) groups is 1. The number of methoxy groups -OCH3 is 1. The third-order valence-corrected chi connectivity index (χ3v) is 6.29. The number of benzene rings is 2. The maximum Gasteiger partial charge on any atom is 0.254 e. The highest BCUT2D eigenvalue weighted by Gasteiger charge is 2.24. The quantitative estimate of drug-likeness (QED) is 0.599. The molecule has 0 aliphatic carbocycles. The highest BCUT2D eigenvalue weighted by atomic mass is 16.5. The first-order chi connectivity index (χ1) is 15.6. The number of aryl methyl sites for hydroxylation is 1. The topological polar surface area (TPSA) is 59.4 Å². The number of hydrogen-bond donors (Lipinski definition) is 1. The third kappa shape index (κ3) is 4.86. The molecule has 1 saturated heterocycles. The van der Waals surface area contributed by atoms with Gasteiger partial charge in [-0.05, 0) is 75.2 Å². The van der Waals surface area contributed by atoms with Crippen LogP contribution in [0.5, 0.6) is 5.75 Å². The Balaban J connectivity index is 1.50. The lowest BCUT2D eigenvalue weighted by atomic mass is 10.0. The van der Waals surface area contributed by atoms with Crippen molar-refractivity contribution in [2.24, 2.45) is 0 Å². The van der Waals surface area contributed by atoms with Gasteiger partial charge in [-0.25, -0.2) is 4.68 Å². The monoisotopic (exact) mass is 432 g/mol. The minimum atomic E-state index is -0.0862. The fraction of sp³-hybridized carbons (Fsp3) is 0.385. The smallest absolute Gasteiger partial charge is 0.254 e. The van der Waals surface area contributed by atoms with Crippen LogP contribution in [0.1, 0.15) is 52.5 Å². The number of rotatable bonds is 7. The van der Waals surface area contributed by atoms with E-state index in [-0.39, 0.29) is 11.9 Å². The second-order valence-electron chi connectivity index (χ2n) is 8.49. The molecule has 4 rings (SSSR count). The molecule has 168 valence electrons. The molecule has 1 aromatic heterocycles. The van der Waals surface area contributed by atoms with Gasteiger partial charge < -0.3 is 10.1 Å². The highest BCUT2D eigenvalue weighted by molar-refractivity contribution is 5.95. The van der Waals surface area contributed by atoms with E-state index in [9.17, 15) is 4.79 Å². The summed E-state index contributed by atoms with van der Waals surface area (Å²) in [5.41, 5.74) is 4.77. The molecule has 3 aromatic rings. The maximum atomic E-state index is 13.1. The fourth-order valence-corrected chi connectivity index (χ4v) is 4.45. The lowest BCUT2D eigenvalue weighted by Crippen LogP contribution is -2.40. The molecule has 1 amide bonds. The number of piperidine rings is 1. The summed E-state index contributed by atoms with van der Waals surface area (Å²) in [6.07, 6.45) is 5.33. The van der Waals surface area contributed by atoms with Gasteiger partial charge in [0.05, 0.1) is 36.3 Å². The third-order valence-electron chi connectivity index (χ3n) is 6.29. The van der Waals surface area contributed by atoms with Crippen LogP contribution < -0.4 is 10.1 Å². The summed E-state index contributed by atoms with van der Waals surface area (Å²) >= 11 is 0.